The molecule has 2 aromatic carbocycles. The SMILES string of the molecule is CCCC(=O)Cc1ccc2sc(-c3nc(Nc4ccc(OCCN5CCCC5)cc4)nc4[nH]ccc34)cc2c1. The van der Waals surface area contributed by atoms with Gasteiger partial charge in [0.1, 0.15) is 23.8 Å². The fourth-order valence-electron chi connectivity index (χ4n) is 5.16. The van der Waals surface area contributed by atoms with Gasteiger partial charge in [0.2, 0.25) is 5.95 Å². The molecule has 2 N–H and O–H groups in total. The fourth-order valence-corrected chi connectivity index (χ4v) is 6.21. The van der Waals surface area contributed by atoms with Gasteiger partial charge in [-0.2, -0.15) is 4.98 Å². The van der Waals surface area contributed by atoms with E-state index in [9.17, 15) is 4.79 Å². The summed E-state index contributed by atoms with van der Waals surface area (Å²) in [5, 5.41) is 5.47. The molecule has 1 saturated heterocycles. The predicted molar refractivity (Wildman–Crippen MR) is 159 cm³/mol. The number of carbonyl (C=O) groups is 1. The number of benzene rings is 2. The summed E-state index contributed by atoms with van der Waals surface area (Å²) in [5.74, 6) is 1.68. The molecule has 1 fully saturated rings. The summed E-state index contributed by atoms with van der Waals surface area (Å²) >= 11 is 1.70. The molecule has 0 atom stereocenters. The molecule has 39 heavy (non-hydrogen) atoms. The van der Waals surface area contributed by atoms with Crippen LogP contribution >= 0.6 is 11.3 Å². The number of Topliss-reactive ketones (excluding diaryl/α,β-unsaturated/α-hetero) is 1. The van der Waals surface area contributed by atoms with Crippen molar-refractivity contribution in [3.63, 3.8) is 0 Å². The highest BCUT2D eigenvalue weighted by atomic mass is 32.1. The summed E-state index contributed by atoms with van der Waals surface area (Å²) in [7, 11) is 0. The summed E-state index contributed by atoms with van der Waals surface area (Å²) in [4.78, 5) is 28.5. The van der Waals surface area contributed by atoms with Gasteiger partial charge in [-0.25, -0.2) is 4.98 Å². The van der Waals surface area contributed by atoms with Gasteiger partial charge in [-0.3, -0.25) is 9.69 Å². The van der Waals surface area contributed by atoms with Crippen molar-refractivity contribution in [3.05, 3.63) is 66.4 Å². The number of rotatable bonds is 11. The summed E-state index contributed by atoms with van der Waals surface area (Å²) in [6, 6.07) is 18.4. The average molecular weight is 540 g/mol. The lowest BCUT2D eigenvalue weighted by atomic mass is 10.0. The van der Waals surface area contributed by atoms with E-state index in [-0.39, 0.29) is 5.78 Å². The van der Waals surface area contributed by atoms with Gasteiger partial charge in [-0.15, -0.1) is 11.3 Å². The Hall–Kier alpha value is -3.75. The van der Waals surface area contributed by atoms with Crippen LogP contribution in [0, 0.1) is 0 Å². The number of anilines is 2. The molecule has 1 aliphatic rings. The van der Waals surface area contributed by atoms with Crippen LogP contribution in [0.1, 0.15) is 38.2 Å². The number of H-pyrrole nitrogens is 1. The van der Waals surface area contributed by atoms with Gasteiger partial charge in [-0.1, -0.05) is 13.0 Å². The number of thiophene rings is 1. The first kappa shape index (κ1) is 25.5. The van der Waals surface area contributed by atoms with Crippen LogP contribution in [0.2, 0.25) is 0 Å². The van der Waals surface area contributed by atoms with E-state index in [1.165, 1.54) is 30.6 Å². The van der Waals surface area contributed by atoms with Crippen LogP contribution in [0.25, 0.3) is 31.7 Å². The quantitative estimate of drug-likeness (QED) is 0.189. The molecule has 200 valence electrons. The monoisotopic (exact) mass is 539 g/mol. The highest BCUT2D eigenvalue weighted by molar-refractivity contribution is 7.22. The number of likely N-dealkylation sites (tertiary alicyclic amines) is 1. The molecule has 7 nitrogen and oxygen atoms in total. The Kier molecular flexibility index (Phi) is 7.56. The first-order chi connectivity index (χ1) is 19.1. The Balaban J connectivity index is 1.20. The third-order valence-electron chi connectivity index (χ3n) is 7.15. The molecule has 0 aliphatic carbocycles. The fraction of sp³-hybridized carbons (Fsp3) is 0.323. The minimum absolute atomic E-state index is 0.287. The molecule has 0 radical (unpaired) electrons. The minimum Gasteiger partial charge on any atom is -0.492 e. The Morgan fingerprint density at radius 2 is 1.92 bits per heavy atom. The van der Waals surface area contributed by atoms with Gasteiger partial charge < -0.3 is 15.0 Å². The van der Waals surface area contributed by atoms with E-state index in [2.05, 4.69) is 39.5 Å². The van der Waals surface area contributed by atoms with Crippen LogP contribution in [0.3, 0.4) is 0 Å². The number of fused-ring (bicyclic) bond motifs is 2. The first-order valence-electron chi connectivity index (χ1n) is 13.8. The van der Waals surface area contributed by atoms with Crippen molar-refractivity contribution in [2.45, 2.75) is 39.0 Å². The third kappa shape index (κ3) is 5.97. The van der Waals surface area contributed by atoms with Crippen molar-refractivity contribution in [1.29, 1.82) is 0 Å². The van der Waals surface area contributed by atoms with Crippen molar-refractivity contribution >= 4 is 49.9 Å². The van der Waals surface area contributed by atoms with Crippen LogP contribution in [0.15, 0.2) is 60.8 Å². The van der Waals surface area contributed by atoms with E-state index in [1.807, 2.05) is 43.5 Å². The van der Waals surface area contributed by atoms with Crippen LogP contribution < -0.4 is 10.1 Å². The maximum Gasteiger partial charge on any atom is 0.229 e. The van der Waals surface area contributed by atoms with Gasteiger partial charge in [0.05, 0.1) is 10.6 Å². The Labute approximate surface area is 232 Å². The molecule has 0 amide bonds. The predicted octanol–water partition coefficient (Wildman–Crippen LogP) is 6.97. The number of ether oxygens (including phenoxy) is 1. The Bertz CT molecular complexity index is 1580. The molecular formula is C31H33N5O2S. The van der Waals surface area contributed by atoms with Gasteiger partial charge in [0.15, 0.2) is 0 Å². The number of carbonyl (C=O) groups excluding carboxylic acids is 1. The van der Waals surface area contributed by atoms with Crippen LogP contribution in [0.4, 0.5) is 11.6 Å². The molecular weight excluding hydrogens is 506 g/mol. The number of hydrogen-bond donors (Lipinski definition) is 2. The average Bonchev–Trinajstić information content (AvgIpc) is 3.70. The molecule has 6 rings (SSSR count). The van der Waals surface area contributed by atoms with Crippen LogP contribution in [-0.2, 0) is 11.2 Å². The molecule has 0 spiro atoms. The zero-order valence-electron chi connectivity index (χ0n) is 22.2. The second kappa shape index (κ2) is 11.6. The van der Waals surface area contributed by atoms with Gasteiger partial charge in [-0.05, 0) is 91.8 Å². The smallest absolute Gasteiger partial charge is 0.229 e. The van der Waals surface area contributed by atoms with E-state index in [4.69, 9.17) is 14.7 Å². The van der Waals surface area contributed by atoms with E-state index in [0.29, 0.717) is 25.4 Å². The lowest BCUT2D eigenvalue weighted by Crippen LogP contribution is -2.25. The summed E-state index contributed by atoms with van der Waals surface area (Å²) in [5.41, 5.74) is 3.63. The van der Waals surface area contributed by atoms with Gasteiger partial charge in [0.25, 0.3) is 0 Å². The van der Waals surface area contributed by atoms with E-state index in [1.54, 1.807) is 11.3 Å². The van der Waals surface area contributed by atoms with Gasteiger partial charge in [0, 0.05) is 41.4 Å². The summed E-state index contributed by atoms with van der Waals surface area (Å²) in [6.07, 6.45) is 6.49. The molecule has 3 aromatic heterocycles. The lowest BCUT2D eigenvalue weighted by molar-refractivity contribution is -0.118. The normalized spacial score (nSPS) is 13.9. The number of nitrogens with zero attached hydrogens (tertiary/aromatic N) is 3. The second-order valence-corrected chi connectivity index (χ2v) is 11.2. The maximum atomic E-state index is 12.2. The Morgan fingerprint density at radius 1 is 1.08 bits per heavy atom. The highest BCUT2D eigenvalue weighted by Gasteiger charge is 2.15. The topological polar surface area (TPSA) is 83.1 Å². The largest absolute Gasteiger partial charge is 0.492 e. The molecule has 0 unspecified atom stereocenters. The van der Waals surface area contributed by atoms with Crippen molar-refractivity contribution in [3.8, 4) is 16.3 Å². The Morgan fingerprint density at radius 3 is 2.74 bits per heavy atom. The van der Waals surface area contributed by atoms with E-state index in [0.717, 1.165) is 57.0 Å². The van der Waals surface area contributed by atoms with Crippen molar-refractivity contribution < 1.29 is 9.53 Å². The highest BCUT2D eigenvalue weighted by Crippen LogP contribution is 2.37. The molecule has 0 saturated carbocycles. The number of aromatic nitrogens is 3. The van der Waals surface area contributed by atoms with Crippen LogP contribution in [0.5, 0.6) is 5.75 Å². The standard InChI is InChI=1S/C31H33N5O2S/c1-2-5-24(37)19-21-6-11-27-22(18-21)20-28(39-27)29-26-12-13-32-30(26)35-31(34-29)33-23-7-9-25(10-8-23)38-17-16-36-14-3-4-15-36/h6-13,18,20H,2-5,14-17,19H2,1H3,(H2,32,33,34,35). The molecule has 8 heteroatoms. The maximum absolute atomic E-state index is 12.2. The van der Waals surface area contributed by atoms with Crippen molar-refractivity contribution in [2.24, 2.45) is 0 Å². The first-order valence-corrected chi connectivity index (χ1v) is 14.6. The van der Waals surface area contributed by atoms with E-state index < -0.39 is 0 Å². The molecule has 1 aliphatic heterocycles. The zero-order valence-corrected chi connectivity index (χ0v) is 23.0. The molecule has 5 aromatic rings. The molecule has 4 heterocycles. The third-order valence-corrected chi connectivity index (χ3v) is 8.27. The van der Waals surface area contributed by atoms with Crippen LogP contribution in [-0.4, -0.2) is 51.9 Å². The van der Waals surface area contributed by atoms with Crippen molar-refractivity contribution in [1.82, 2.24) is 19.9 Å². The number of hydrogen-bond acceptors (Lipinski definition) is 7. The summed E-state index contributed by atoms with van der Waals surface area (Å²) in [6.45, 7) is 6.08. The molecule has 0 bridgehead atoms. The van der Waals surface area contributed by atoms with Crippen molar-refractivity contribution in [2.75, 3.05) is 31.6 Å². The second-order valence-electron chi connectivity index (χ2n) is 10.1. The number of ketones is 1. The zero-order chi connectivity index (χ0) is 26.6. The number of aromatic amines is 1. The number of nitrogens with one attached hydrogen (secondary N) is 2. The van der Waals surface area contributed by atoms with Gasteiger partial charge >= 0.3 is 0 Å². The summed E-state index contributed by atoms with van der Waals surface area (Å²) < 4.78 is 7.12. The lowest BCUT2D eigenvalue weighted by Gasteiger charge is -2.15. The van der Waals surface area contributed by atoms with E-state index >= 15 is 0 Å². The minimum atomic E-state index is 0.287.